The summed E-state index contributed by atoms with van der Waals surface area (Å²) in [5.74, 6) is -0.639. The summed E-state index contributed by atoms with van der Waals surface area (Å²) in [6.45, 7) is 3.49. The van der Waals surface area contributed by atoms with Crippen LogP contribution in [0.3, 0.4) is 0 Å². The number of aromatic nitrogens is 1. The zero-order valence-corrected chi connectivity index (χ0v) is 9.91. The Labute approximate surface area is 108 Å². The summed E-state index contributed by atoms with van der Waals surface area (Å²) in [4.78, 5) is 26.0. The first-order chi connectivity index (χ1) is 9.13. The third kappa shape index (κ3) is 2.57. The van der Waals surface area contributed by atoms with E-state index in [1.165, 1.54) is 24.4 Å². The number of nitrogens with zero attached hydrogens (tertiary/aromatic N) is 2. The zero-order chi connectivity index (χ0) is 13.8. The van der Waals surface area contributed by atoms with Gasteiger partial charge in [-0.2, -0.15) is 0 Å². The molecule has 6 nitrogen and oxygen atoms in total. The number of fused-ring (bicyclic) bond motifs is 1. The van der Waals surface area contributed by atoms with E-state index >= 15 is 0 Å². The van der Waals surface area contributed by atoms with Crippen LogP contribution in [0.15, 0.2) is 43.1 Å². The second kappa shape index (κ2) is 5.26. The standard InChI is InChI=1S/C13H10N2O4/c1-2-6-19-13(16)11-7-10-9(8-14-11)4-3-5-12(10)15(17)18/h2-5,7-8H,1,6H2. The van der Waals surface area contributed by atoms with Gasteiger partial charge in [0, 0.05) is 17.6 Å². The molecule has 0 spiro atoms. The van der Waals surface area contributed by atoms with Crippen LogP contribution in [0, 0.1) is 10.1 Å². The maximum Gasteiger partial charge on any atom is 0.357 e. The van der Waals surface area contributed by atoms with Crippen molar-refractivity contribution in [3.05, 3.63) is 58.9 Å². The van der Waals surface area contributed by atoms with Gasteiger partial charge in [0.15, 0.2) is 0 Å². The number of pyridine rings is 1. The van der Waals surface area contributed by atoms with E-state index in [9.17, 15) is 14.9 Å². The summed E-state index contributed by atoms with van der Waals surface area (Å²) in [5.41, 5.74) is -0.0404. The van der Waals surface area contributed by atoms with E-state index in [0.717, 1.165) is 0 Å². The molecular weight excluding hydrogens is 248 g/mol. The molecular formula is C13H10N2O4. The molecule has 0 amide bonds. The van der Waals surface area contributed by atoms with Crippen LogP contribution in [0.25, 0.3) is 10.8 Å². The van der Waals surface area contributed by atoms with E-state index in [1.54, 1.807) is 12.1 Å². The maximum absolute atomic E-state index is 11.6. The molecule has 1 aromatic heterocycles. The first-order valence-electron chi connectivity index (χ1n) is 5.44. The van der Waals surface area contributed by atoms with E-state index in [1.807, 2.05) is 0 Å². The minimum Gasteiger partial charge on any atom is -0.457 e. The summed E-state index contributed by atoms with van der Waals surface area (Å²) < 4.78 is 4.84. The summed E-state index contributed by atoms with van der Waals surface area (Å²) in [7, 11) is 0. The topological polar surface area (TPSA) is 82.3 Å². The van der Waals surface area contributed by atoms with Gasteiger partial charge in [0.1, 0.15) is 12.3 Å². The highest BCUT2D eigenvalue weighted by atomic mass is 16.6. The van der Waals surface area contributed by atoms with Crippen LogP contribution in [-0.2, 0) is 4.74 Å². The van der Waals surface area contributed by atoms with Crippen molar-refractivity contribution in [2.24, 2.45) is 0 Å². The molecule has 19 heavy (non-hydrogen) atoms. The highest BCUT2D eigenvalue weighted by Gasteiger charge is 2.15. The first kappa shape index (κ1) is 12.7. The lowest BCUT2D eigenvalue weighted by atomic mass is 10.1. The van der Waals surface area contributed by atoms with E-state index in [-0.39, 0.29) is 18.0 Å². The van der Waals surface area contributed by atoms with E-state index < -0.39 is 10.9 Å². The lowest BCUT2D eigenvalue weighted by molar-refractivity contribution is -0.383. The molecule has 0 saturated heterocycles. The third-order valence-electron chi connectivity index (χ3n) is 2.48. The molecule has 1 heterocycles. The molecule has 2 rings (SSSR count). The van der Waals surface area contributed by atoms with E-state index in [0.29, 0.717) is 10.8 Å². The number of nitro benzene ring substituents is 1. The number of rotatable bonds is 4. The molecule has 0 aliphatic rings. The van der Waals surface area contributed by atoms with Gasteiger partial charge in [0.2, 0.25) is 0 Å². The predicted molar refractivity (Wildman–Crippen MR) is 68.9 cm³/mol. The first-order valence-corrected chi connectivity index (χ1v) is 5.44. The second-order valence-electron chi connectivity index (χ2n) is 3.71. The van der Waals surface area contributed by atoms with Gasteiger partial charge >= 0.3 is 5.97 Å². The van der Waals surface area contributed by atoms with Crippen molar-refractivity contribution >= 4 is 22.4 Å². The number of ether oxygens (including phenoxy) is 1. The average molecular weight is 258 g/mol. The molecule has 6 heteroatoms. The number of esters is 1. The summed E-state index contributed by atoms with van der Waals surface area (Å²) >= 11 is 0. The summed E-state index contributed by atoms with van der Waals surface area (Å²) in [6, 6.07) is 5.99. The Bertz CT molecular complexity index is 667. The Balaban J connectivity index is 2.49. The Morgan fingerprint density at radius 1 is 1.53 bits per heavy atom. The SMILES string of the molecule is C=CCOC(=O)c1cc2c([N+](=O)[O-])cccc2cn1. The van der Waals surface area contributed by atoms with Crippen LogP contribution < -0.4 is 0 Å². The fourth-order valence-corrected chi connectivity index (χ4v) is 1.63. The molecule has 0 bridgehead atoms. The van der Waals surface area contributed by atoms with Crippen molar-refractivity contribution in [1.29, 1.82) is 0 Å². The van der Waals surface area contributed by atoms with Crippen molar-refractivity contribution in [2.45, 2.75) is 0 Å². The molecule has 0 N–H and O–H groups in total. The van der Waals surface area contributed by atoms with Crippen LogP contribution >= 0.6 is 0 Å². The Kier molecular flexibility index (Phi) is 3.51. The Hall–Kier alpha value is -2.76. The fraction of sp³-hybridized carbons (Fsp3) is 0.0769. The highest BCUT2D eigenvalue weighted by molar-refractivity contribution is 5.96. The third-order valence-corrected chi connectivity index (χ3v) is 2.48. The molecule has 2 aromatic rings. The number of hydrogen-bond donors (Lipinski definition) is 0. The lowest BCUT2D eigenvalue weighted by Gasteiger charge is -2.03. The Morgan fingerprint density at radius 2 is 2.32 bits per heavy atom. The van der Waals surface area contributed by atoms with Crippen molar-refractivity contribution in [3.8, 4) is 0 Å². The monoisotopic (exact) mass is 258 g/mol. The van der Waals surface area contributed by atoms with Gasteiger partial charge < -0.3 is 4.74 Å². The van der Waals surface area contributed by atoms with E-state index in [4.69, 9.17) is 4.74 Å². The van der Waals surface area contributed by atoms with Gasteiger partial charge in [0.05, 0.1) is 10.3 Å². The van der Waals surface area contributed by atoms with Crippen LogP contribution in [0.5, 0.6) is 0 Å². The lowest BCUT2D eigenvalue weighted by Crippen LogP contribution is -2.07. The maximum atomic E-state index is 11.6. The quantitative estimate of drug-likeness (QED) is 0.364. The minimum atomic E-state index is -0.639. The van der Waals surface area contributed by atoms with Crippen molar-refractivity contribution in [3.63, 3.8) is 0 Å². The highest BCUT2D eigenvalue weighted by Crippen LogP contribution is 2.25. The number of carbonyl (C=O) groups excluding carboxylic acids is 1. The van der Waals surface area contributed by atoms with Crippen molar-refractivity contribution in [2.75, 3.05) is 6.61 Å². The largest absolute Gasteiger partial charge is 0.457 e. The number of non-ortho nitro benzene ring substituents is 1. The molecule has 0 aliphatic heterocycles. The predicted octanol–water partition coefficient (Wildman–Crippen LogP) is 2.49. The van der Waals surface area contributed by atoms with Gasteiger partial charge in [-0.1, -0.05) is 24.8 Å². The number of nitro groups is 1. The Morgan fingerprint density at radius 3 is 3.00 bits per heavy atom. The summed E-state index contributed by atoms with van der Waals surface area (Å²) in [5, 5.41) is 11.9. The molecule has 0 radical (unpaired) electrons. The van der Waals surface area contributed by atoms with Crippen LogP contribution in [0.2, 0.25) is 0 Å². The van der Waals surface area contributed by atoms with Crippen LogP contribution in [-0.4, -0.2) is 22.5 Å². The van der Waals surface area contributed by atoms with Crippen molar-refractivity contribution in [1.82, 2.24) is 4.98 Å². The second-order valence-corrected chi connectivity index (χ2v) is 3.71. The molecule has 0 saturated carbocycles. The molecule has 0 unspecified atom stereocenters. The fourth-order valence-electron chi connectivity index (χ4n) is 1.63. The molecule has 0 fully saturated rings. The number of benzene rings is 1. The number of carbonyl (C=O) groups is 1. The number of hydrogen-bond acceptors (Lipinski definition) is 5. The smallest absolute Gasteiger partial charge is 0.357 e. The average Bonchev–Trinajstić information content (AvgIpc) is 2.43. The van der Waals surface area contributed by atoms with Crippen LogP contribution in [0.1, 0.15) is 10.5 Å². The molecule has 0 aliphatic carbocycles. The van der Waals surface area contributed by atoms with Gasteiger partial charge in [-0.3, -0.25) is 10.1 Å². The molecule has 1 aromatic carbocycles. The van der Waals surface area contributed by atoms with E-state index in [2.05, 4.69) is 11.6 Å². The normalized spacial score (nSPS) is 10.1. The van der Waals surface area contributed by atoms with Crippen LogP contribution in [0.4, 0.5) is 5.69 Å². The van der Waals surface area contributed by atoms with Gasteiger partial charge in [-0.25, -0.2) is 9.78 Å². The molecule has 96 valence electrons. The minimum absolute atomic E-state index is 0.0312. The van der Waals surface area contributed by atoms with Gasteiger partial charge in [0.25, 0.3) is 5.69 Å². The van der Waals surface area contributed by atoms with Crippen molar-refractivity contribution < 1.29 is 14.5 Å². The zero-order valence-electron chi connectivity index (χ0n) is 9.91. The molecule has 0 atom stereocenters. The summed E-state index contributed by atoms with van der Waals surface area (Å²) in [6.07, 6.45) is 2.84. The van der Waals surface area contributed by atoms with Gasteiger partial charge in [-0.05, 0) is 6.07 Å². The van der Waals surface area contributed by atoms with Gasteiger partial charge in [-0.15, -0.1) is 0 Å².